The van der Waals surface area contributed by atoms with Crippen LogP contribution in [-0.2, 0) is 9.47 Å². The molecule has 3 heteroatoms. The Kier molecular flexibility index (Phi) is 5.35. The highest BCUT2D eigenvalue weighted by Gasteiger charge is 2.19. The van der Waals surface area contributed by atoms with Gasteiger partial charge in [-0.05, 0) is 25.2 Å². The maximum Gasteiger partial charge on any atom is 0.0700 e. The minimum Gasteiger partial charge on any atom is -0.393 e. The van der Waals surface area contributed by atoms with Gasteiger partial charge in [-0.1, -0.05) is 6.42 Å². The van der Waals surface area contributed by atoms with Gasteiger partial charge in [0, 0.05) is 13.7 Å². The van der Waals surface area contributed by atoms with Crippen molar-refractivity contribution in [2.24, 2.45) is 5.92 Å². The van der Waals surface area contributed by atoms with E-state index in [-0.39, 0.29) is 6.10 Å². The lowest BCUT2D eigenvalue weighted by Crippen LogP contribution is -2.23. The van der Waals surface area contributed by atoms with Gasteiger partial charge in [0.25, 0.3) is 0 Å². The fraction of sp³-hybridized carbons (Fsp3) is 1.00. The Morgan fingerprint density at radius 1 is 1.31 bits per heavy atom. The SMILES string of the molecule is COCCOCC1CCC[C@@H](O)C1. The zero-order valence-corrected chi connectivity index (χ0v) is 8.37. The molecule has 3 nitrogen and oxygen atoms in total. The van der Waals surface area contributed by atoms with E-state index in [1.165, 1.54) is 6.42 Å². The summed E-state index contributed by atoms with van der Waals surface area (Å²) >= 11 is 0. The van der Waals surface area contributed by atoms with Gasteiger partial charge in [-0.15, -0.1) is 0 Å². The first-order valence-electron chi connectivity index (χ1n) is 5.07. The molecule has 0 aromatic rings. The van der Waals surface area contributed by atoms with Gasteiger partial charge in [0.2, 0.25) is 0 Å². The van der Waals surface area contributed by atoms with E-state index in [1.807, 2.05) is 0 Å². The third-order valence-corrected chi connectivity index (χ3v) is 2.54. The lowest BCUT2D eigenvalue weighted by Gasteiger charge is -2.25. The van der Waals surface area contributed by atoms with Crippen LogP contribution in [0.4, 0.5) is 0 Å². The largest absolute Gasteiger partial charge is 0.393 e. The van der Waals surface area contributed by atoms with Gasteiger partial charge in [0.1, 0.15) is 0 Å². The third kappa shape index (κ3) is 4.60. The van der Waals surface area contributed by atoms with E-state index >= 15 is 0 Å². The standard InChI is InChI=1S/C10H20O3/c1-12-5-6-13-8-9-3-2-4-10(11)7-9/h9-11H,2-8H2,1H3/t9?,10-/m1/s1. The summed E-state index contributed by atoms with van der Waals surface area (Å²) in [5.41, 5.74) is 0. The van der Waals surface area contributed by atoms with Crippen LogP contribution >= 0.6 is 0 Å². The highest BCUT2D eigenvalue weighted by molar-refractivity contribution is 4.71. The number of aliphatic hydroxyl groups is 1. The predicted octanol–water partition coefficient (Wildman–Crippen LogP) is 1.20. The monoisotopic (exact) mass is 188 g/mol. The lowest BCUT2D eigenvalue weighted by molar-refractivity contribution is 0.0208. The average Bonchev–Trinajstić information content (AvgIpc) is 2.13. The Bertz CT molecular complexity index is 127. The molecule has 0 radical (unpaired) electrons. The molecule has 1 N–H and O–H groups in total. The fourth-order valence-electron chi connectivity index (χ4n) is 1.81. The van der Waals surface area contributed by atoms with Crippen molar-refractivity contribution in [2.45, 2.75) is 31.8 Å². The summed E-state index contributed by atoms with van der Waals surface area (Å²) in [5, 5.41) is 9.40. The fourth-order valence-corrected chi connectivity index (χ4v) is 1.81. The molecule has 0 aliphatic heterocycles. The molecule has 1 aliphatic carbocycles. The van der Waals surface area contributed by atoms with Crippen LogP contribution in [0.15, 0.2) is 0 Å². The Morgan fingerprint density at radius 3 is 2.85 bits per heavy atom. The summed E-state index contributed by atoms with van der Waals surface area (Å²) < 4.78 is 10.3. The summed E-state index contributed by atoms with van der Waals surface area (Å²) in [5.74, 6) is 0.556. The molecule has 1 rings (SSSR count). The van der Waals surface area contributed by atoms with Crippen molar-refractivity contribution < 1.29 is 14.6 Å². The smallest absolute Gasteiger partial charge is 0.0700 e. The van der Waals surface area contributed by atoms with Crippen molar-refractivity contribution in [3.05, 3.63) is 0 Å². The van der Waals surface area contributed by atoms with Gasteiger partial charge >= 0.3 is 0 Å². The van der Waals surface area contributed by atoms with Gasteiger partial charge < -0.3 is 14.6 Å². The molecule has 0 spiro atoms. The van der Waals surface area contributed by atoms with E-state index in [0.717, 1.165) is 25.9 Å². The predicted molar refractivity (Wildman–Crippen MR) is 50.7 cm³/mol. The zero-order valence-electron chi connectivity index (χ0n) is 8.37. The van der Waals surface area contributed by atoms with Crippen LogP contribution in [0.25, 0.3) is 0 Å². The van der Waals surface area contributed by atoms with Crippen molar-refractivity contribution in [3.8, 4) is 0 Å². The molecule has 0 bridgehead atoms. The minimum absolute atomic E-state index is 0.0928. The van der Waals surface area contributed by atoms with E-state index < -0.39 is 0 Å². The van der Waals surface area contributed by atoms with Gasteiger partial charge in [0.05, 0.1) is 19.3 Å². The van der Waals surface area contributed by atoms with E-state index in [0.29, 0.717) is 19.1 Å². The van der Waals surface area contributed by atoms with E-state index in [4.69, 9.17) is 9.47 Å². The summed E-state index contributed by atoms with van der Waals surface area (Å²) in [6.45, 7) is 2.11. The molecular formula is C10H20O3. The molecule has 13 heavy (non-hydrogen) atoms. The highest BCUT2D eigenvalue weighted by atomic mass is 16.5. The molecule has 1 unspecified atom stereocenters. The zero-order chi connectivity index (χ0) is 9.52. The molecular weight excluding hydrogens is 168 g/mol. The molecule has 0 heterocycles. The Morgan fingerprint density at radius 2 is 2.15 bits per heavy atom. The minimum atomic E-state index is -0.0928. The first-order valence-corrected chi connectivity index (χ1v) is 5.07. The van der Waals surface area contributed by atoms with Crippen molar-refractivity contribution in [1.29, 1.82) is 0 Å². The van der Waals surface area contributed by atoms with Crippen molar-refractivity contribution in [2.75, 3.05) is 26.9 Å². The molecule has 0 aromatic heterocycles. The van der Waals surface area contributed by atoms with Crippen LogP contribution in [0.5, 0.6) is 0 Å². The molecule has 1 aliphatic rings. The highest BCUT2D eigenvalue weighted by Crippen LogP contribution is 2.24. The number of methoxy groups -OCH3 is 1. The van der Waals surface area contributed by atoms with Crippen molar-refractivity contribution in [3.63, 3.8) is 0 Å². The molecule has 2 atom stereocenters. The van der Waals surface area contributed by atoms with Crippen LogP contribution in [0.1, 0.15) is 25.7 Å². The Hall–Kier alpha value is -0.120. The lowest BCUT2D eigenvalue weighted by atomic mass is 9.88. The van der Waals surface area contributed by atoms with Crippen molar-refractivity contribution >= 4 is 0 Å². The van der Waals surface area contributed by atoms with Crippen LogP contribution < -0.4 is 0 Å². The Labute approximate surface area is 80.0 Å². The topological polar surface area (TPSA) is 38.7 Å². The number of ether oxygens (including phenoxy) is 2. The van der Waals surface area contributed by atoms with Crippen LogP contribution in [0.2, 0.25) is 0 Å². The van der Waals surface area contributed by atoms with Crippen LogP contribution in [-0.4, -0.2) is 38.1 Å². The van der Waals surface area contributed by atoms with Crippen LogP contribution in [0.3, 0.4) is 0 Å². The van der Waals surface area contributed by atoms with E-state index in [2.05, 4.69) is 0 Å². The molecule has 0 amide bonds. The van der Waals surface area contributed by atoms with Gasteiger partial charge in [-0.2, -0.15) is 0 Å². The summed E-state index contributed by atoms with van der Waals surface area (Å²) in [6.07, 6.45) is 4.12. The maximum atomic E-state index is 9.40. The second-order valence-electron chi connectivity index (χ2n) is 3.75. The van der Waals surface area contributed by atoms with Gasteiger partial charge in [0.15, 0.2) is 0 Å². The molecule has 0 aromatic carbocycles. The van der Waals surface area contributed by atoms with Gasteiger partial charge in [-0.3, -0.25) is 0 Å². The number of hydrogen-bond acceptors (Lipinski definition) is 3. The summed E-state index contributed by atoms with van der Waals surface area (Å²) in [4.78, 5) is 0. The number of rotatable bonds is 5. The second kappa shape index (κ2) is 6.35. The molecule has 1 fully saturated rings. The normalized spacial score (nSPS) is 29.1. The molecule has 78 valence electrons. The average molecular weight is 188 g/mol. The summed E-state index contributed by atoms with van der Waals surface area (Å²) in [6, 6.07) is 0. The maximum absolute atomic E-state index is 9.40. The number of hydrogen-bond donors (Lipinski definition) is 1. The van der Waals surface area contributed by atoms with E-state index in [9.17, 15) is 5.11 Å². The Balaban J connectivity index is 2.00. The molecule has 0 saturated heterocycles. The first kappa shape index (κ1) is 11.0. The summed E-state index contributed by atoms with van der Waals surface area (Å²) in [7, 11) is 1.67. The third-order valence-electron chi connectivity index (χ3n) is 2.54. The van der Waals surface area contributed by atoms with Crippen LogP contribution in [0, 0.1) is 5.92 Å². The van der Waals surface area contributed by atoms with Crippen molar-refractivity contribution in [1.82, 2.24) is 0 Å². The van der Waals surface area contributed by atoms with E-state index in [1.54, 1.807) is 7.11 Å². The quantitative estimate of drug-likeness (QED) is 0.659. The first-order chi connectivity index (χ1) is 6.33. The van der Waals surface area contributed by atoms with Gasteiger partial charge in [-0.25, -0.2) is 0 Å². The molecule has 1 saturated carbocycles. The number of aliphatic hydroxyl groups excluding tert-OH is 1. The second-order valence-corrected chi connectivity index (χ2v) is 3.75.